The normalized spacial score (nSPS) is 11.2. The first-order valence-corrected chi connectivity index (χ1v) is 11.2. The second-order valence-corrected chi connectivity index (χ2v) is 8.05. The van der Waals surface area contributed by atoms with Crippen molar-refractivity contribution < 1.29 is 14.4 Å². The maximum Gasteiger partial charge on any atom is 0.460 e. The molecule has 10 nitrogen and oxygen atoms in total. The number of benzene rings is 2. The first-order valence-electron chi connectivity index (χ1n) is 11.2. The van der Waals surface area contributed by atoms with Crippen LogP contribution in [0.5, 0.6) is 0 Å². The third kappa shape index (κ3) is 5.29. The molecule has 1 amide bonds. The van der Waals surface area contributed by atoms with E-state index in [2.05, 4.69) is 25.6 Å². The highest BCUT2D eigenvalue weighted by Gasteiger charge is 2.19. The van der Waals surface area contributed by atoms with E-state index in [-0.39, 0.29) is 22.9 Å². The van der Waals surface area contributed by atoms with Crippen molar-refractivity contribution in [3.8, 4) is 0 Å². The Balaban J connectivity index is 1.18. The molecule has 0 fully saturated rings. The van der Waals surface area contributed by atoms with Crippen molar-refractivity contribution in [2.24, 2.45) is 0 Å². The fourth-order valence-electron chi connectivity index (χ4n) is 3.80. The van der Waals surface area contributed by atoms with Crippen LogP contribution in [0.4, 0.5) is 5.95 Å². The largest absolute Gasteiger partial charge is 0.739 e. The molecule has 176 valence electrons. The lowest BCUT2D eigenvalue weighted by Crippen LogP contribution is -2.44. The molecule has 4 rings (SSSR count). The molecule has 0 radical (unpaired) electrons. The Morgan fingerprint density at radius 3 is 2.50 bits per heavy atom. The van der Waals surface area contributed by atoms with Gasteiger partial charge in [-0.05, 0) is 44.6 Å². The van der Waals surface area contributed by atoms with Gasteiger partial charge in [-0.2, -0.15) is 0 Å². The van der Waals surface area contributed by atoms with Gasteiger partial charge < -0.3 is 20.6 Å². The van der Waals surface area contributed by atoms with Gasteiger partial charge in [0, 0.05) is 35.6 Å². The smallest absolute Gasteiger partial charge is 0.460 e. The summed E-state index contributed by atoms with van der Waals surface area (Å²) in [5.74, 6) is -0.113. The monoisotopic (exact) mass is 461 g/mol. The van der Waals surface area contributed by atoms with E-state index in [4.69, 9.17) is 0 Å². The number of fused-ring (bicyclic) bond motifs is 2. The van der Waals surface area contributed by atoms with Gasteiger partial charge in [0.1, 0.15) is 0 Å². The van der Waals surface area contributed by atoms with E-state index in [0.29, 0.717) is 28.2 Å². The Morgan fingerprint density at radius 1 is 0.971 bits per heavy atom. The highest BCUT2D eigenvalue weighted by atomic mass is 16.5. The van der Waals surface area contributed by atoms with Crippen LogP contribution < -0.4 is 20.2 Å². The zero-order valence-electron chi connectivity index (χ0n) is 19.0. The molecule has 10 heteroatoms. The Morgan fingerprint density at radius 2 is 1.68 bits per heavy atom. The number of nitrogens with zero attached hydrogens (tertiary/aromatic N) is 5. The number of hydrogen-bond acceptors (Lipinski definition) is 7. The summed E-state index contributed by atoms with van der Waals surface area (Å²) in [5, 5.41) is 35.0. The van der Waals surface area contributed by atoms with E-state index >= 15 is 0 Å². The molecule has 2 N–H and O–H groups in total. The van der Waals surface area contributed by atoms with Gasteiger partial charge in [-0.1, -0.05) is 30.3 Å². The predicted molar refractivity (Wildman–Crippen MR) is 129 cm³/mol. The molecule has 0 saturated carbocycles. The molecule has 2 aromatic carbocycles. The lowest BCUT2D eigenvalue weighted by molar-refractivity contribution is -0.672. The van der Waals surface area contributed by atoms with Crippen LogP contribution in [-0.4, -0.2) is 54.1 Å². The van der Waals surface area contributed by atoms with Crippen LogP contribution in [0, 0.1) is 10.4 Å². The number of para-hydroxylation sites is 3. The molecule has 0 aliphatic heterocycles. The van der Waals surface area contributed by atoms with Gasteiger partial charge in [0.15, 0.2) is 5.52 Å². The maximum absolute atomic E-state index is 12.6. The second-order valence-electron chi connectivity index (χ2n) is 8.05. The lowest BCUT2D eigenvalue weighted by atomic mass is 10.1. The van der Waals surface area contributed by atoms with Crippen molar-refractivity contribution in [3.05, 3.63) is 76.8 Å². The number of carbonyl (C=O) groups is 1. The standard InChI is InChI=1S/C24H27N7O3/c1-29(16-6-13-26-23(32)19-12-15-25-20-9-3-2-8-18(19)20)17-7-14-27-24-28-31(34)22-11-5-4-10-21(22)30(24)33/h2-5,8-12,15H,6-7,13-14,16-17H2,1H3,(H,26,32)(H,27,28). The van der Waals surface area contributed by atoms with Crippen LogP contribution in [-0.2, 0) is 0 Å². The molecule has 2 aromatic heterocycles. The van der Waals surface area contributed by atoms with Gasteiger partial charge in [0.25, 0.3) is 11.4 Å². The van der Waals surface area contributed by atoms with Crippen LogP contribution in [0.25, 0.3) is 21.9 Å². The number of pyridine rings is 1. The van der Waals surface area contributed by atoms with Crippen molar-refractivity contribution >= 4 is 33.8 Å². The molecule has 2 heterocycles. The number of amides is 1. The number of hydrogen-bond donors (Lipinski definition) is 2. The van der Waals surface area contributed by atoms with Gasteiger partial charge >= 0.3 is 5.95 Å². The summed E-state index contributed by atoms with van der Waals surface area (Å²) in [6.45, 7) is 2.68. The molecular formula is C24H27N7O3. The van der Waals surface area contributed by atoms with Gasteiger partial charge in [0.05, 0.1) is 17.6 Å². The molecule has 0 bridgehead atoms. The maximum atomic E-state index is 12.6. The van der Waals surface area contributed by atoms with Gasteiger partial charge in [0.2, 0.25) is 5.10 Å². The van der Waals surface area contributed by atoms with E-state index < -0.39 is 0 Å². The minimum Gasteiger partial charge on any atom is -0.739 e. The number of rotatable bonds is 10. The van der Waals surface area contributed by atoms with Crippen LogP contribution in [0.2, 0.25) is 0 Å². The van der Waals surface area contributed by atoms with Gasteiger partial charge in [-0.15, -0.1) is 0 Å². The highest BCUT2D eigenvalue weighted by molar-refractivity contribution is 6.05. The van der Waals surface area contributed by atoms with Crippen molar-refractivity contribution in [3.63, 3.8) is 0 Å². The highest BCUT2D eigenvalue weighted by Crippen LogP contribution is 2.15. The molecule has 0 spiro atoms. The van der Waals surface area contributed by atoms with E-state index in [9.17, 15) is 15.2 Å². The molecule has 34 heavy (non-hydrogen) atoms. The molecule has 4 aromatic rings. The fourth-order valence-corrected chi connectivity index (χ4v) is 3.80. The van der Waals surface area contributed by atoms with Crippen LogP contribution in [0.3, 0.4) is 0 Å². The van der Waals surface area contributed by atoms with Crippen LogP contribution >= 0.6 is 0 Å². The Kier molecular flexibility index (Phi) is 7.28. The van der Waals surface area contributed by atoms with Crippen molar-refractivity contribution in [1.82, 2.24) is 20.3 Å². The average molecular weight is 462 g/mol. The average Bonchev–Trinajstić information content (AvgIpc) is 2.86. The summed E-state index contributed by atoms with van der Waals surface area (Å²) in [7, 11) is 2.01. The van der Waals surface area contributed by atoms with Crippen LogP contribution in [0.15, 0.2) is 60.8 Å². The fraction of sp³-hybridized carbons (Fsp3) is 0.292. The second kappa shape index (κ2) is 10.7. The van der Waals surface area contributed by atoms with Crippen LogP contribution in [0.1, 0.15) is 23.2 Å². The van der Waals surface area contributed by atoms with E-state index in [1.165, 1.54) is 0 Å². The molecular weight excluding hydrogens is 434 g/mol. The molecule has 0 aliphatic carbocycles. The Hall–Kier alpha value is -4.05. The van der Waals surface area contributed by atoms with Gasteiger partial charge in [-0.25, -0.2) is 4.73 Å². The SMILES string of the molecule is CN(CCCNC(=O)c1ccnc2ccccc12)CCCNc1n[n+]([O-])c2ccccc2[n+]1[O-]. The number of anilines is 1. The number of aromatic nitrogens is 4. The predicted octanol–water partition coefficient (Wildman–Crippen LogP) is 1.60. The lowest BCUT2D eigenvalue weighted by Gasteiger charge is -2.16. The summed E-state index contributed by atoms with van der Waals surface area (Å²) in [6.07, 6.45) is 3.22. The summed E-state index contributed by atoms with van der Waals surface area (Å²) < 4.78 is 0.641. The zero-order valence-corrected chi connectivity index (χ0v) is 19.0. The van der Waals surface area contributed by atoms with E-state index in [1.807, 2.05) is 31.3 Å². The molecule has 0 unspecified atom stereocenters. The third-order valence-electron chi connectivity index (χ3n) is 5.58. The first-order chi connectivity index (χ1) is 16.5. The summed E-state index contributed by atoms with van der Waals surface area (Å²) in [4.78, 5) is 19.5. The summed E-state index contributed by atoms with van der Waals surface area (Å²) in [5.41, 5.74) is 1.93. The number of carbonyl (C=O) groups excluding carboxylic acids is 1. The van der Waals surface area contributed by atoms with Crippen molar-refractivity contribution in [2.75, 3.05) is 38.5 Å². The van der Waals surface area contributed by atoms with Gasteiger partial charge in [-0.3, -0.25) is 15.1 Å². The quantitative estimate of drug-likeness (QED) is 0.209. The third-order valence-corrected chi connectivity index (χ3v) is 5.58. The molecule has 0 saturated heterocycles. The summed E-state index contributed by atoms with van der Waals surface area (Å²) in [6, 6.07) is 15.9. The molecule has 0 aliphatic rings. The topological polar surface area (TPSA) is 124 Å². The Labute approximate surface area is 197 Å². The Bertz CT molecular complexity index is 1290. The zero-order chi connectivity index (χ0) is 23.9. The van der Waals surface area contributed by atoms with Crippen molar-refractivity contribution in [1.29, 1.82) is 0 Å². The van der Waals surface area contributed by atoms with E-state index in [1.54, 1.807) is 36.5 Å². The minimum absolute atomic E-state index is 0.0114. The first kappa shape index (κ1) is 23.1. The minimum atomic E-state index is -0.102. The number of nitrogens with one attached hydrogen (secondary N) is 2. The van der Waals surface area contributed by atoms with E-state index in [0.717, 1.165) is 36.8 Å². The van der Waals surface area contributed by atoms with Crippen molar-refractivity contribution in [2.45, 2.75) is 12.8 Å². The molecule has 0 atom stereocenters. The summed E-state index contributed by atoms with van der Waals surface area (Å²) >= 11 is 0.